The van der Waals surface area contributed by atoms with Gasteiger partial charge in [-0.1, -0.05) is 13.8 Å². The Hall–Kier alpha value is -0.160. The van der Waals surface area contributed by atoms with Crippen LogP contribution in [-0.2, 0) is 9.47 Å². The van der Waals surface area contributed by atoms with Gasteiger partial charge in [0.1, 0.15) is 0 Å². The third-order valence-electron chi connectivity index (χ3n) is 3.55. The second-order valence-electron chi connectivity index (χ2n) is 5.18. The molecule has 1 saturated carbocycles. The Labute approximate surface area is 98.9 Å². The van der Waals surface area contributed by atoms with Gasteiger partial charge in [-0.25, -0.2) is 0 Å². The Morgan fingerprint density at radius 3 is 2.69 bits per heavy atom. The van der Waals surface area contributed by atoms with E-state index in [2.05, 4.69) is 19.2 Å². The molecule has 16 heavy (non-hydrogen) atoms. The van der Waals surface area contributed by atoms with Crippen molar-refractivity contribution >= 4 is 0 Å². The maximum Gasteiger partial charge on any atom is 0.0655 e. The Kier molecular flexibility index (Phi) is 5.18. The Morgan fingerprint density at radius 1 is 1.50 bits per heavy atom. The van der Waals surface area contributed by atoms with Gasteiger partial charge in [0, 0.05) is 37.8 Å². The van der Waals surface area contributed by atoms with E-state index in [0.29, 0.717) is 18.8 Å². The first-order valence-corrected chi connectivity index (χ1v) is 6.11. The minimum atomic E-state index is 0.0759. The summed E-state index contributed by atoms with van der Waals surface area (Å²) in [6, 6.07) is 0.582. The SMILES string of the molecule is CCOC1CC(NCC(N)COC)C1(C)C. The number of rotatable bonds is 7. The monoisotopic (exact) mass is 230 g/mol. The molecule has 0 amide bonds. The van der Waals surface area contributed by atoms with Crippen LogP contribution in [-0.4, -0.2) is 45.1 Å². The van der Waals surface area contributed by atoms with Gasteiger partial charge >= 0.3 is 0 Å². The van der Waals surface area contributed by atoms with E-state index in [1.54, 1.807) is 7.11 Å². The second kappa shape index (κ2) is 5.96. The molecule has 0 saturated heterocycles. The van der Waals surface area contributed by atoms with Crippen LogP contribution in [0.15, 0.2) is 0 Å². The third kappa shape index (κ3) is 3.17. The number of hydrogen-bond acceptors (Lipinski definition) is 4. The molecule has 0 bridgehead atoms. The van der Waals surface area contributed by atoms with E-state index >= 15 is 0 Å². The Morgan fingerprint density at radius 2 is 2.19 bits per heavy atom. The van der Waals surface area contributed by atoms with Crippen molar-refractivity contribution in [2.45, 2.75) is 45.4 Å². The van der Waals surface area contributed by atoms with Crippen LogP contribution in [0.3, 0.4) is 0 Å². The van der Waals surface area contributed by atoms with Gasteiger partial charge in [0.05, 0.1) is 12.7 Å². The number of nitrogens with one attached hydrogen (secondary N) is 1. The Bertz CT molecular complexity index is 209. The zero-order valence-corrected chi connectivity index (χ0v) is 11.0. The van der Waals surface area contributed by atoms with E-state index in [-0.39, 0.29) is 11.5 Å². The van der Waals surface area contributed by atoms with Crippen LogP contribution in [0.5, 0.6) is 0 Å². The highest BCUT2D eigenvalue weighted by atomic mass is 16.5. The summed E-state index contributed by atoms with van der Waals surface area (Å²) >= 11 is 0. The number of hydrogen-bond donors (Lipinski definition) is 2. The maximum absolute atomic E-state index is 5.87. The first-order valence-electron chi connectivity index (χ1n) is 6.11. The quantitative estimate of drug-likeness (QED) is 0.678. The van der Waals surface area contributed by atoms with Gasteiger partial charge in [-0.3, -0.25) is 0 Å². The van der Waals surface area contributed by atoms with Gasteiger partial charge in [-0.15, -0.1) is 0 Å². The van der Waals surface area contributed by atoms with Gasteiger partial charge in [0.15, 0.2) is 0 Å². The summed E-state index contributed by atoms with van der Waals surface area (Å²) in [4.78, 5) is 0. The fraction of sp³-hybridized carbons (Fsp3) is 1.00. The third-order valence-corrected chi connectivity index (χ3v) is 3.55. The van der Waals surface area contributed by atoms with Crippen LogP contribution in [0, 0.1) is 5.41 Å². The zero-order chi connectivity index (χ0) is 12.2. The van der Waals surface area contributed by atoms with E-state index in [4.69, 9.17) is 15.2 Å². The van der Waals surface area contributed by atoms with E-state index in [0.717, 1.165) is 19.6 Å². The first-order chi connectivity index (χ1) is 7.52. The second-order valence-corrected chi connectivity index (χ2v) is 5.18. The molecule has 0 aromatic heterocycles. The molecule has 1 aliphatic rings. The summed E-state index contributed by atoms with van der Waals surface area (Å²) < 4.78 is 10.7. The molecule has 0 radical (unpaired) electrons. The highest BCUT2D eigenvalue weighted by Gasteiger charge is 2.48. The van der Waals surface area contributed by atoms with Gasteiger partial charge in [-0.2, -0.15) is 0 Å². The van der Waals surface area contributed by atoms with Crippen molar-refractivity contribution in [1.29, 1.82) is 0 Å². The summed E-state index contributed by atoms with van der Waals surface area (Å²) in [5.41, 5.74) is 6.09. The van der Waals surface area contributed by atoms with Crippen LogP contribution in [0.2, 0.25) is 0 Å². The number of methoxy groups -OCH3 is 1. The van der Waals surface area contributed by atoms with E-state index in [1.807, 2.05) is 6.92 Å². The molecule has 1 rings (SSSR count). The highest BCUT2D eigenvalue weighted by Crippen LogP contribution is 2.42. The molecular weight excluding hydrogens is 204 g/mol. The lowest BCUT2D eigenvalue weighted by Crippen LogP contribution is -2.62. The fourth-order valence-electron chi connectivity index (χ4n) is 2.28. The average molecular weight is 230 g/mol. The molecule has 3 unspecified atom stereocenters. The van der Waals surface area contributed by atoms with Crippen LogP contribution in [0.1, 0.15) is 27.2 Å². The molecule has 0 aromatic rings. The topological polar surface area (TPSA) is 56.5 Å². The zero-order valence-electron chi connectivity index (χ0n) is 11.0. The summed E-state index contributed by atoms with van der Waals surface area (Å²) in [6.07, 6.45) is 1.47. The predicted octanol–water partition coefficient (Wildman–Crippen LogP) is 0.753. The summed E-state index contributed by atoms with van der Waals surface area (Å²) in [6.45, 7) is 8.75. The lowest BCUT2D eigenvalue weighted by atomic mass is 9.64. The van der Waals surface area contributed by atoms with Crippen LogP contribution in [0.4, 0.5) is 0 Å². The molecule has 0 spiro atoms. The van der Waals surface area contributed by atoms with Crippen LogP contribution >= 0.6 is 0 Å². The van der Waals surface area contributed by atoms with Crippen molar-refractivity contribution in [2.75, 3.05) is 26.9 Å². The molecule has 3 N–H and O–H groups in total. The lowest BCUT2D eigenvalue weighted by molar-refractivity contribution is -0.114. The van der Waals surface area contributed by atoms with Crippen molar-refractivity contribution in [3.8, 4) is 0 Å². The van der Waals surface area contributed by atoms with E-state index < -0.39 is 0 Å². The average Bonchev–Trinajstić information content (AvgIpc) is 2.22. The standard InChI is InChI=1S/C12H26N2O2/c1-5-16-11-6-10(12(11,2)3)14-7-9(13)8-15-4/h9-11,14H,5-8,13H2,1-4H3. The summed E-state index contributed by atoms with van der Waals surface area (Å²) in [7, 11) is 1.68. The molecule has 3 atom stereocenters. The first kappa shape index (κ1) is 13.9. The molecule has 0 aliphatic heterocycles. The fourth-order valence-corrected chi connectivity index (χ4v) is 2.28. The minimum Gasteiger partial charge on any atom is -0.383 e. The smallest absolute Gasteiger partial charge is 0.0655 e. The van der Waals surface area contributed by atoms with E-state index in [1.165, 1.54) is 0 Å². The van der Waals surface area contributed by atoms with Gasteiger partial charge < -0.3 is 20.5 Å². The van der Waals surface area contributed by atoms with Gasteiger partial charge in [-0.05, 0) is 13.3 Å². The van der Waals surface area contributed by atoms with Crippen molar-refractivity contribution in [2.24, 2.45) is 11.1 Å². The Balaban J connectivity index is 2.25. The molecule has 0 aromatic carbocycles. The van der Waals surface area contributed by atoms with Crippen molar-refractivity contribution in [3.05, 3.63) is 0 Å². The highest BCUT2D eigenvalue weighted by molar-refractivity contribution is 5.02. The van der Waals surface area contributed by atoms with Crippen molar-refractivity contribution in [1.82, 2.24) is 5.32 Å². The van der Waals surface area contributed by atoms with Crippen molar-refractivity contribution < 1.29 is 9.47 Å². The molecular formula is C12H26N2O2. The lowest BCUT2D eigenvalue weighted by Gasteiger charge is -2.52. The molecule has 0 heterocycles. The summed E-state index contributed by atoms with van der Waals surface area (Å²) in [5, 5.41) is 3.50. The van der Waals surface area contributed by atoms with E-state index in [9.17, 15) is 0 Å². The largest absolute Gasteiger partial charge is 0.383 e. The van der Waals surface area contributed by atoms with Crippen molar-refractivity contribution in [3.63, 3.8) is 0 Å². The summed E-state index contributed by atoms with van der Waals surface area (Å²) in [5.74, 6) is 0. The minimum absolute atomic E-state index is 0.0759. The maximum atomic E-state index is 5.87. The molecule has 1 fully saturated rings. The number of ether oxygens (including phenoxy) is 2. The van der Waals surface area contributed by atoms with Gasteiger partial charge in [0.25, 0.3) is 0 Å². The molecule has 4 nitrogen and oxygen atoms in total. The molecule has 96 valence electrons. The molecule has 4 heteroatoms. The molecule has 1 aliphatic carbocycles. The van der Waals surface area contributed by atoms with Gasteiger partial charge in [0.2, 0.25) is 0 Å². The predicted molar refractivity (Wildman–Crippen MR) is 65.5 cm³/mol. The number of nitrogens with two attached hydrogens (primary N) is 1. The van der Waals surface area contributed by atoms with Crippen LogP contribution < -0.4 is 11.1 Å². The van der Waals surface area contributed by atoms with Crippen LogP contribution in [0.25, 0.3) is 0 Å². The normalized spacial score (nSPS) is 29.8.